The molecule has 2 aromatic carbocycles. The van der Waals surface area contributed by atoms with Crippen molar-refractivity contribution in [2.75, 3.05) is 16.8 Å². The van der Waals surface area contributed by atoms with Gasteiger partial charge < -0.3 is 14.8 Å². The number of aryl methyl sites for hydroxylation is 1. The van der Waals surface area contributed by atoms with E-state index in [1.807, 2.05) is 0 Å². The molecule has 0 unspecified atom stereocenters. The van der Waals surface area contributed by atoms with Gasteiger partial charge in [-0.1, -0.05) is 6.07 Å². The summed E-state index contributed by atoms with van der Waals surface area (Å²) in [5.41, 5.74) is 2.43. The predicted octanol–water partition coefficient (Wildman–Crippen LogP) is 4.70. The van der Waals surface area contributed by atoms with E-state index < -0.39 is 17.6 Å². The van der Waals surface area contributed by atoms with Gasteiger partial charge in [0.2, 0.25) is 0 Å². The van der Waals surface area contributed by atoms with Crippen LogP contribution >= 0.6 is 0 Å². The number of hydrogen-bond acceptors (Lipinski definition) is 5. The molecule has 0 spiro atoms. The number of carbonyl (C=O) groups excluding carboxylic acids is 2. The number of nitrogens with one attached hydrogen (secondary N) is 1. The minimum atomic E-state index is -4.62. The number of imidazole rings is 2. The number of amides is 2. The van der Waals surface area contributed by atoms with Gasteiger partial charge in [0, 0.05) is 47.8 Å². The van der Waals surface area contributed by atoms with E-state index in [1.165, 1.54) is 23.2 Å². The van der Waals surface area contributed by atoms with Crippen LogP contribution in [0, 0.1) is 6.92 Å². The van der Waals surface area contributed by atoms with Crippen LogP contribution in [0.4, 0.5) is 24.5 Å². The normalized spacial score (nSPS) is 13.1. The number of fused-ring (bicyclic) bond motifs is 2. The summed E-state index contributed by atoms with van der Waals surface area (Å²) in [4.78, 5) is 40.4. The molecule has 196 valence electrons. The summed E-state index contributed by atoms with van der Waals surface area (Å²) in [6, 6.07) is 8.24. The van der Waals surface area contributed by atoms with E-state index in [2.05, 4.69) is 20.3 Å². The molecule has 4 heterocycles. The smallest absolute Gasteiger partial charge is 0.322 e. The van der Waals surface area contributed by atoms with Crippen LogP contribution in [0.1, 0.15) is 37.7 Å². The molecule has 0 radical (unpaired) electrons. The van der Waals surface area contributed by atoms with E-state index in [-0.39, 0.29) is 22.8 Å². The zero-order valence-electron chi connectivity index (χ0n) is 20.5. The Morgan fingerprint density at radius 3 is 2.67 bits per heavy atom. The number of alkyl halides is 3. The molecule has 1 aliphatic rings. The van der Waals surface area contributed by atoms with E-state index in [4.69, 9.17) is 0 Å². The summed E-state index contributed by atoms with van der Waals surface area (Å²) in [5, 5.41) is 2.58. The lowest BCUT2D eigenvalue weighted by molar-refractivity contribution is -0.137. The third kappa shape index (κ3) is 4.49. The molecule has 0 saturated carbocycles. The predicted molar refractivity (Wildman–Crippen MR) is 136 cm³/mol. The van der Waals surface area contributed by atoms with Crippen molar-refractivity contribution in [2.45, 2.75) is 19.5 Å². The van der Waals surface area contributed by atoms with Gasteiger partial charge in [-0.3, -0.25) is 19.0 Å². The van der Waals surface area contributed by atoms with Crippen LogP contribution in [0.3, 0.4) is 0 Å². The van der Waals surface area contributed by atoms with Crippen molar-refractivity contribution in [3.05, 3.63) is 102 Å². The molecule has 0 bridgehead atoms. The zero-order valence-corrected chi connectivity index (χ0v) is 20.5. The minimum Gasteiger partial charge on any atom is -0.322 e. The molecule has 3 aromatic heterocycles. The van der Waals surface area contributed by atoms with Crippen molar-refractivity contribution in [3.63, 3.8) is 0 Å². The van der Waals surface area contributed by atoms with E-state index in [0.29, 0.717) is 35.7 Å². The van der Waals surface area contributed by atoms with Gasteiger partial charge in [0.25, 0.3) is 11.8 Å². The van der Waals surface area contributed by atoms with Gasteiger partial charge in [-0.25, -0.2) is 9.97 Å². The van der Waals surface area contributed by atoms with Gasteiger partial charge in [-0.15, -0.1) is 0 Å². The molecular weight excluding hydrogens is 511 g/mol. The van der Waals surface area contributed by atoms with Crippen LogP contribution < -0.4 is 10.2 Å². The fourth-order valence-corrected chi connectivity index (χ4v) is 4.63. The fourth-order valence-electron chi connectivity index (χ4n) is 4.63. The summed E-state index contributed by atoms with van der Waals surface area (Å²) in [5.74, 6) is -0.895. The topological polar surface area (TPSA) is 97.4 Å². The number of halogens is 3. The highest BCUT2D eigenvalue weighted by molar-refractivity contribution is 6.09. The molecule has 1 aliphatic heterocycles. The second kappa shape index (κ2) is 9.08. The van der Waals surface area contributed by atoms with Crippen LogP contribution in [-0.2, 0) is 12.6 Å². The number of hydrogen-bond donors (Lipinski definition) is 1. The van der Waals surface area contributed by atoms with E-state index in [1.54, 1.807) is 59.2 Å². The number of anilines is 2. The number of carbonyl (C=O) groups is 2. The Morgan fingerprint density at radius 2 is 1.90 bits per heavy atom. The lowest BCUT2D eigenvalue weighted by Gasteiger charge is -2.18. The van der Waals surface area contributed by atoms with E-state index >= 15 is 0 Å². The quantitative estimate of drug-likeness (QED) is 0.363. The number of benzene rings is 2. The molecule has 9 nitrogen and oxygen atoms in total. The SMILES string of the molecule is Cc1cn(-c2cc(NC(=O)c3ccc4c(c3)N(C(=O)c3cnc5cnccn35)CC4)cc(C(F)(F)F)c2)cn1. The van der Waals surface area contributed by atoms with Crippen molar-refractivity contribution in [1.82, 2.24) is 23.9 Å². The lowest BCUT2D eigenvalue weighted by atomic mass is 10.1. The zero-order chi connectivity index (χ0) is 27.3. The van der Waals surface area contributed by atoms with Crippen LogP contribution in [0.25, 0.3) is 11.3 Å². The summed E-state index contributed by atoms with van der Waals surface area (Å²) in [6.45, 7) is 2.14. The van der Waals surface area contributed by atoms with E-state index in [0.717, 1.165) is 17.7 Å². The molecule has 6 rings (SSSR count). The highest BCUT2D eigenvalue weighted by Crippen LogP contribution is 2.34. The molecule has 0 fully saturated rings. The third-order valence-corrected chi connectivity index (χ3v) is 6.54. The Morgan fingerprint density at radius 1 is 1.05 bits per heavy atom. The average Bonchev–Trinajstić information content (AvgIpc) is 3.65. The third-order valence-electron chi connectivity index (χ3n) is 6.54. The maximum absolute atomic E-state index is 13.6. The number of rotatable bonds is 4. The molecule has 0 atom stereocenters. The summed E-state index contributed by atoms with van der Waals surface area (Å²) in [6.07, 6.45) is 5.20. The molecule has 12 heteroatoms. The van der Waals surface area contributed by atoms with Gasteiger partial charge in [0.15, 0.2) is 5.65 Å². The Balaban J connectivity index is 1.30. The Labute approximate surface area is 219 Å². The highest BCUT2D eigenvalue weighted by atomic mass is 19.4. The van der Waals surface area contributed by atoms with Crippen LogP contribution in [0.5, 0.6) is 0 Å². The first-order valence-corrected chi connectivity index (χ1v) is 11.9. The maximum atomic E-state index is 13.6. The van der Waals surface area contributed by atoms with Gasteiger partial charge in [-0.05, 0) is 49.2 Å². The second-order valence-electron chi connectivity index (χ2n) is 9.14. The highest BCUT2D eigenvalue weighted by Gasteiger charge is 2.32. The molecule has 1 N–H and O–H groups in total. The summed E-state index contributed by atoms with van der Waals surface area (Å²) in [7, 11) is 0. The van der Waals surface area contributed by atoms with Gasteiger partial charge in [-0.2, -0.15) is 13.2 Å². The Hall–Kier alpha value is -5.00. The first-order valence-electron chi connectivity index (χ1n) is 11.9. The fraction of sp³-hybridized carbons (Fsp3) is 0.148. The number of aromatic nitrogens is 5. The second-order valence-corrected chi connectivity index (χ2v) is 9.14. The van der Waals surface area contributed by atoms with Crippen molar-refractivity contribution in [2.24, 2.45) is 0 Å². The molecule has 2 amide bonds. The number of nitrogens with zero attached hydrogens (tertiary/aromatic N) is 6. The van der Waals surface area contributed by atoms with Crippen molar-refractivity contribution in [3.8, 4) is 5.69 Å². The standard InChI is InChI=1S/C27H20F3N7O2/c1-16-14-35(15-33-16)21-10-19(27(28,29)30)9-20(11-21)34-25(38)18-3-2-17-4-6-37(22(17)8-18)26(39)23-12-32-24-13-31-5-7-36(23)24/h2-3,5,7-15H,4,6H2,1H3,(H,34,38). The Bertz CT molecular complexity index is 1760. The first-order chi connectivity index (χ1) is 18.7. The average molecular weight is 531 g/mol. The molecule has 0 saturated heterocycles. The summed E-state index contributed by atoms with van der Waals surface area (Å²) < 4.78 is 44.0. The van der Waals surface area contributed by atoms with Gasteiger partial charge in [0.05, 0.1) is 30.0 Å². The van der Waals surface area contributed by atoms with Gasteiger partial charge >= 0.3 is 6.18 Å². The molecule has 39 heavy (non-hydrogen) atoms. The van der Waals surface area contributed by atoms with E-state index in [9.17, 15) is 22.8 Å². The first kappa shape index (κ1) is 24.3. The van der Waals surface area contributed by atoms with Crippen LogP contribution in [-0.4, -0.2) is 42.3 Å². The molecule has 5 aromatic rings. The van der Waals surface area contributed by atoms with Crippen molar-refractivity contribution in [1.29, 1.82) is 0 Å². The molecule has 0 aliphatic carbocycles. The molecular formula is C27H20F3N7O2. The lowest BCUT2D eigenvalue weighted by Crippen LogP contribution is -2.30. The Kier molecular flexibility index (Phi) is 5.67. The van der Waals surface area contributed by atoms with Crippen molar-refractivity contribution >= 4 is 28.8 Å². The van der Waals surface area contributed by atoms with Crippen LogP contribution in [0.15, 0.2) is 73.7 Å². The largest absolute Gasteiger partial charge is 0.416 e. The monoisotopic (exact) mass is 531 g/mol. The minimum absolute atomic E-state index is 0.0241. The maximum Gasteiger partial charge on any atom is 0.416 e. The summed E-state index contributed by atoms with van der Waals surface area (Å²) >= 11 is 0. The van der Waals surface area contributed by atoms with Crippen molar-refractivity contribution < 1.29 is 22.8 Å². The van der Waals surface area contributed by atoms with Gasteiger partial charge in [0.1, 0.15) is 5.69 Å². The van der Waals surface area contributed by atoms with Crippen LogP contribution in [0.2, 0.25) is 0 Å².